The maximum Gasteiger partial charge on any atom is 0.289 e. The number of pyridine rings is 1. The van der Waals surface area contributed by atoms with Crippen molar-refractivity contribution in [2.24, 2.45) is 5.10 Å². The van der Waals surface area contributed by atoms with Crippen LogP contribution in [0.5, 0.6) is 5.75 Å². The van der Waals surface area contributed by atoms with Crippen molar-refractivity contribution in [1.82, 2.24) is 10.4 Å². The topological polar surface area (TPSA) is 63.6 Å². The molecule has 0 fully saturated rings. The maximum atomic E-state index is 11.7. The van der Waals surface area contributed by atoms with Gasteiger partial charge in [0.25, 0.3) is 5.91 Å². The summed E-state index contributed by atoms with van der Waals surface area (Å²) in [6.07, 6.45) is 3.09. The summed E-state index contributed by atoms with van der Waals surface area (Å²) in [5, 5.41) is 3.90. The fourth-order valence-corrected chi connectivity index (χ4v) is 1.81. The van der Waals surface area contributed by atoms with Gasteiger partial charge in [-0.2, -0.15) is 5.10 Å². The normalized spacial score (nSPS) is 10.5. The summed E-state index contributed by atoms with van der Waals surface area (Å²) in [6.45, 7) is 0. The molecule has 5 nitrogen and oxygen atoms in total. The molecule has 6 heteroatoms. The molecule has 0 saturated carbocycles. The predicted molar refractivity (Wildman–Crippen MR) is 80.0 cm³/mol. The van der Waals surface area contributed by atoms with Gasteiger partial charge in [0.2, 0.25) is 0 Å². The summed E-state index contributed by atoms with van der Waals surface area (Å²) in [6, 6.07) is 10.6. The van der Waals surface area contributed by atoms with Crippen LogP contribution in [0.15, 0.2) is 52.2 Å². The van der Waals surface area contributed by atoms with Crippen LogP contribution < -0.4 is 10.2 Å². The Hall–Kier alpha value is -2.21. The van der Waals surface area contributed by atoms with Crippen molar-refractivity contribution in [2.75, 3.05) is 7.11 Å². The largest absolute Gasteiger partial charge is 0.497 e. The third-order valence-electron chi connectivity index (χ3n) is 2.47. The van der Waals surface area contributed by atoms with Crippen molar-refractivity contribution in [1.29, 1.82) is 0 Å². The first-order valence-corrected chi connectivity index (χ1v) is 6.58. The lowest BCUT2D eigenvalue weighted by Gasteiger charge is -2.03. The van der Waals surface area contributed by atoms with Crippen molar-refractivity contribution in [3.05, 3.63) is 58.3 Å². The van der Waals surface area contributed by atoms with E-state index in [1.54, 1.807) is 37.6 Å². The minimum absolute atomic E-state index is 0.314. The Labute approximate surface area is 124 Å². The fraction of sp³-hybridized carbons (Fsp3) is 0.0714. The lowest BCUT2D eigenvalue weighted by atomic mass is 10.2. The van der Waals surface area contributed by atoms with Crippen molar-refractivity contribution < 1.29 is 9.53 Å². The molecule has 2 rings (SSSR count). The summed E-state index contributed by atoms with van der Waals surface area (Å²) in [5.41, 5.74) is 3.53. The van der Waals surface area contributed by atoms with Gasteiger partial charge in [0.15, 0.2) is 0 Å². The molecule has 2 aromatic rings. The lowest BCUT2D eigenvalue weighted by Crippen LogP contribution is -2.18. The number of carbonyl (C=O) groups excluding carboxylic acids is 1. The van der Waals surface area contributed by atoms with Gasteiger partial charge < -0.3 is 4.74 Å². The van der Waals surface area contributed by atoms with Crippen LogP contribution in [-0.4, -0.2) is 24.2 Å². The molecule has 1 N–H and O–H groups in total. The number of benzene rings is 1. The van der Waals surface area contributed by atoms with E-state index in [0.717, 1.165) is 10.0 Å². The first-order chi connectivity index (χ1) is 9.70. The summed E-state index contributed by atoms with van der Waals surface area (Å²) in [5.74, 6) is 0.353. The van der Waals surface area contributed by atoms with E-state index in [4.69, 9.17) is 4.74 Å². The van der Waals surface area contributed by atoms with Crippen LogP contribution in [0.1, 0.15) is 16.1 Å². The molecular weight excluding hydrogens is 322 g/mol. The van der Waals surface area contributed by atoms with E-state index >= 15 is 0 Å². The van der Waals surface area contributed by atoms with Crippen LogP contribution in [0.3, 0.4) is 0 Å². The molecule has 0 saturated heterocycles. The van der Waals surface area contributed by atoms with Gasteiger partial charge in [-0.1, -0.05) is 22.0 Å². The van der Waals surface area contributed by atoms with Crippen molar-refractivity contribution >= 4 is 28.1 Å². The highest BCUT2D eigenvalue weighted by atomic mass is 79.9. The van der Waals surface area contributed by atoms with Gasteiger partial charge in [-0.25, -0.2) is 5.43 Å². The number of rotatable bonds is 4. The summed E-state index contributed by atoms with van der Waals surface area (Å²) >= 11 is 3.40. The molecular formula is C14H12BrN3O2. The molecule has 0 aliphatic heterocycles. The smallest absolute Gasteiger partial charge is 0.289 e. The Bertz CT molecular complexity index is 630. The second-order valence-electron chi connectivity index (χ2n) is 3.80. The van der Waals surface area contributed by atoms with Crippen LogP contribution in [0.4, 0.5) is 0 Å². The first kappa shape index (κ1) is 14.2. The Morgan fingerprint density at radius 1 is 1.40 bits per heavy atom. The van der Waals surface area contributed by atoms with E-state index in [1.807, 2.05) is 12.1 Å². The number of ether oxygens (including phenoxy) is 1. The van der Waals surface area contributed by atoms with Crippen molar-refractivity contribution in [3.8, 4) is 5.75 Å². The van der Waals surface area contributed by atoms with E-state index in [9.17, 15) is 4.79 Å². The van der Waals surface area contributed by atoms with Crippen molar-refractivity contribution in [2.45, 2.75) is 0 Å². The number of methoxy groups -OCH3 is 1. The van der Waals surface area contributed by atoms with Crippen LogP contribution in [0, 0.1) is 0 Å². The molecule has 0 atom stereocenters. The molecule has 20 heavy (non-hydrogen) atoms. The van der Waals surface area contributed by atoms with Gasteiger partial charge in [0.05, 0.1) is 13.3 Å². The second-order valence-corrected chi connectivity index (χ2v) is 4.66. The highest BCUT2D eigenvalue weighted by Gasteiger charge is 2.04. The minimum atomic E-state index is -0.360. The van der Waals surface area contributed by atoms with Crippen molar-refractivity contribution in [3.63, 3.8) is 0 Å². The third kappa shape index (κ3) is 3.64. The van der Waals surface area contributed by atoms with Crippen LogP contribution in [0.25, 0.3) is 0 Å². The number of halogens is 1. The van der Waals surface area contributed by atoms with Crippen LogP contribution in [0.2, 0.25) is 0 Å². The summed E-state index contributed by atoms with van der Waals surface area (Å²) in [7, 11) is 1.59. The third-order valence-corrected chi connectivity index (χ3v) is 3.19. The highest BCUT2D eigenvalue weighted by molar-refractivity contribution is 9.10. The number of aromatic nitrogens is 1. The fourth-order valence-electron chi connectivity index (χ4n) is 1.46. The maximum absolute atomic E-state index is 11.7. The van der Waals surface area contributed by atoms with Gasteiger partial charge in [-0.3, -0.25) is 9.78 Å². The molecule has 0 radical (unpaired) electrons. The number of nitrogens with one attached hydrogen (secondary N) is 1. The highest BCUT2D eigenvalue weighted by Crippen LogP contribution is 2.20. The van der Waals surface area contributed by atoms with Gasteiger partial charge >= 0.3 is 0 Å². The number of carbonyl (C=O) groups is 1. The second kappa shape index (κ2) is 6.81. The molecule has 1 heterocycles. The number of hydrazone groups is 1. The first-order valence-electron chi connectivity index (χ1n) is 5.78. The van der Waals surface area contributed by atoms with Crippen LogP contribution in [-0.2, 0) is 0 Å². The van der Waals surface area contributed by atoms with E-state index in [-0.39, 0.29) is 5.91 Å². The number of amides is 1. The standard InChI is InChI=1S/C14H12BrN3O2/c1-20-11-5-6-12(15)10(8-11)9-17-18-14(19)13-4-2-3-7-16-13/h2-9H,1H3,(H,18,19)/b17-9+. The predicted octanol–water partition coefficient (Wildman–Crippen LogP) is 2.62. The van der Waals surface area contributed by atoms with Gasteiger partial charge in [-0.05, 0) is 30.3 Å². The molecule has 1 aromatic heterocycles. The molecule has 102 valence electrons. The summed E-state index contributed by atoms with van der Waals surface area (Å²) < 4.78 is 5.98. The van der Waals surface area contributed by atoms with E-state index in [2.05, 4.69) is 31.4 Å². The Morgan fingerprint density at radius 2 is 2.25 bits per heavy atom. The Morgan fingerprint density at radius 3 is 2.95 bits per heavy atom. The monoisotopic (exact) mass is 333 g/mol. The number of nitrogens with zero attached hydrogens (tertiary/aromatic N) is 2. The van der Waals surface area contributed by atoms with E-state index in [0.29, 0.717) is 11.4 Å². The molecule has 0 spiro atoms. The average molecular weight is 334 g/mol. The number of hydrogen-bond donors (Lipinski definition) is 1. The minimum Gasteiger partial charge on any atom is -0.497 e. The van der Waals surface area contributed by atoms with Gasteiger partial charge in [0, 0.05) is 16.2 Å². The molecule has 0 aliphatic carbocycles. The zero-order valence-electron chi connectivity index (χ0n) is 10.7. The van der Waals surface area contributed by atoms with E-state index in [1.165, 1.54) is 6.21 Å². The Kier molecular flexibility index (Phi) is 4.84. The summed E-state index contributed by atoms with van der Waals surface area (Å²) in [4.78, 5) is 15.7. The SMILES string of the molecule is COc1ccc(Br)c(/C=N/NC(=O)c2ccccn2)c1. The number of hydrogen-bond acceptors (Lipinski definition) is 4. The molecule has 0 bridgehead atoms. The lowest BCUT2D eigenvalue weighted by molar-refractivity contribution is 0.0950. The van der Waals surface area contributed by atoms with Gasteiger partial charge in [0.1, 0.15) is 11.4 Å². The van der Waals surface area contributed by atoms with Gasteiger partial charge in [-0.15, -0.1) is 0 Å². The van der Waals surface area contributed by atoms with E-state index < -0.39 is 0 Å². The zero-order valence-corrected chi connectivity index (χ0v) is 12.3. The Balaban J connectivity index is 2.05. The average Bonchev–Trinajstić information content (AvgIpc) is 2.50. The zero-order chi connectivity index (χ0) is 14.4. The molecule has 0 aliphatic rings. The quantitative estimate of drug-likeness (QED) is 0.691. The molecule has 1 aromatic carbocycles. The van der Waals surface area contributed by atoms with Crippen LogP contribution >= 0.6 is 15.9 Å². The molecule has 1 amide bonds. The molecule has 0 unspecified atom stereocenters.